The second-order valence-electron chi connectivity index (χ2n) is 7.51. The van der Waals surface area contributed by atoms with Crippen molar-refractivity contribution in [2.75, 3.05) is 6.79 Å². The predicted molar refractivity (Wildman–Crippen MR) is 99.4 cm³/mol. The van der Waals surface area contributed by atoms with E-state index in [0.717, 1.165) is 29.9 Å². The molecule has 1 aliphatic heterocycles. The Balaban J connectivity index is 1.50. The summed E-state index contributed by atoms with van der Waals surface area (Å²) in [7, 11) is 0. The van der Waals surface area contributed by atoms with Crippen molar-refractivity contribution in [3.63, 3.8) is 0 Å². The van der Waals surface area contributed by atoms with Crippen LogP contribution in [0.3, 0.4) is 0 Å². The van der Waals surface area contributed by atoms with E-state index in [-0.39, 0.29) is 0 Å². The fraction of sp³-hybridized carbons (Fsp3) is 0.556. The van der Waals surface area contributed by atoms with Gasteiger partial charge in [0.25, 0.3) is 0 Å². The molecule has 2 N–H and O–H groups in total. The second kappa shape index (κ2) is 6.97. The summed E-state index contributed by atoms with van der Waals surface area (Å²) in [4.78, 5) is 0. The van der Waals surface area contributed by atoms with Crippen molar-refractivity contribution in [1.82, 2.24) is 10.7 Å². The lowest BCUT2D eigenvalue weighted by Crippen LogP contribution is -2.34. The maximum Gasteiger partial charge on any atom is 0.231 e. The molecule has 1 atom stereocenters. The molecule has 0 aromatic heterocycles. The maximum atomic E-state index is 5.38. The molecule has 24 heavy (non-hydrogen) atoms. The van der Waals surface area contributed by atoms with Gasteiger partial charge in [-0.2, -0.15) is 5.10 Å². The maximum absolute atomic E-state index is 5.38. The first-order valence-electron chi connectivity index (χ1n) is 8.39. The van der Waals surface area contributed by atoms with Crippen LogP contribution in [0.5, 0.6) is 11.5 Å². The molecule has 1 aliphatic carbocycles. The zero-order valence-electron chi connectivity index (χ0n) is 14.5. The number of hydrogen-bond donors (Lipinski definition) is 2. The van der Waals surface area contributed by atoms with E-state index in [0.29, 0.717) is 29.8 Å². The molecular formula is C18H25N3O2S. The summed E-state index contributed by atoms with van der Waals surface area (Å²) >= 11 is 5.32. The fourth-order valence-electron chi connectivity index (χ4n) is 3.60. The predicted octanol–water partition coefficient (Wildman–Crippen LogP) is 3.58. The molecule has 0 unspecified atom stereocenters. The van der Waals surface area contributed by atoms with Gasteiger partial charge in [-0.3, -0.25) is 5.43 Å². The van der Waals surface area contributed by atoms with Crippen molar-refractivity contribution in [2.45, 2.75) is 46.6 Å². The van der Waals surface area contributed by atoms with Gasteiger partial charge in [0.2, 0.25) is 6.79 Å². The summed E-state index contributed by atoms with van der Waals surface area (Å²) in [6.45, 7) is 7.79. The van der Waals surface area contributed by atoms with Gasteiger partial charge < -0.3 is 14.8 Å². The fourth-order valence-corrected chi connectivity index (χ4v) is 3.72. The highest BCUT2D eigenvalue weighted by molar-refractivity contribution is 7.80. The molecule has 0 amide bonds. The normalized spacial score (nSPS) is 23.1. The molecule has 6 heteroatoms. The summed E-state index contributed by atoms with van der Waals surface area (Å²) in [5.41, 5.74) is 5.59. The van der Waals surface area contributed by atoms with E-state index in [4.69, 9.17) is 21.7 Å². The van der Waals surface area contributed by atoms with Crippen LogP contribution in [0, 0.1) is 11.3 Å². The summed E-state index contributed by atoms with van der Waals surface area (Å²) < 4.78 is 10.7. The van der Waals surface area contributed by atoms with Gasteiger partial charge in [0.05, 0.1) is 0 Å². The van der Waals surface area contributed by atoms with Gasteiger partial charge in [0.1, 0.15) is 0 Å². The van der Waals surface area contributed by atoms with Crippen LogP contribution in [0.4, 0.5) is 0 Å². The third-order valence-electron chi connectivity index (χ3n) is 4.37. The van der Waals surface area contributed by atoms with Crippen molar-refractivity contribution in [2.24, 2.45) is 16.4 Å². The molecule has 1 aromatic carbocycles. The van der Waals surface area contributed by atoms with Gasteiger partial charge in [-0.05, 0) is 60.5 Å². The minimum absolute atomic E-state index is 0.290. The molecular weight excluding hydrogens is 322 g/mol. The van der Waals surface area contributed by atoms with E-state index in [1.54, 1.807) is 0 Å². The van der Waals surface area contributed by atoms with Crippen molar-refractivity contribution < 1.29 is 9.47 Å². The summed E-state index contributed by atoms with van der Waals surface area (Å²) in [6.07, 6.45) is 3.31. The Morgan fingerprint density at radius 3 is 2.92 bits per heavy atom. The number of nitrogens with zero attached hydrogens (tertiary/aromatic N) is 1. The zero-order valence-corrected chi connectivity index (χ0v) is 15.3. The van der Waals surface area contributed by atoms with Gasteiger partial charge in [-0.25, -0.2) is 0 Å². The molecule has 130 valence electrons. The molecule has 2 aliphatic rings. The average Bonchev–Trinajstić information content (AvgIpc) is 2.96. The first-order chi connectivity index (χ1) is 11.4. The highest BCUT2D eigenvalue weighted by atomic mass is 32.1. The van der Waals surface area contributed by atoms with Crippen LogP contribution in [0.1, 0.15) is 45.6 Å². The highest BCUT2D eigenvalue weighted by Crippen LogP contribution is 2.36. The summed E-state index contributed by atoms with van der Waals surface area (Å²) in [5.74, 6) is 2.25. The Morgan fingerprint density at radius 1 is 1.33 bits per heavy atom. The number of thiocarbonyl (C=S) groups is 1. The average molecular weight is 347 g/mol. The van der Waals surface area contributed by atoms with Gasteiger partial charge in [-0.15, -0.1) is 0 Å². The van der Waals surface area contributed by atoms with Crippen molar-refractivity contribution in [3.8, 4) is 11.5 Å². The molecule has 3 rings (SSSR count). The van der Waals surface area contributed by atoms with E-state index in [2.05, 4.69) is 36.6 Å². The van der Waals surface area contributed by atoms with Crippen LogP contribution < -0.4 is 20.2 Å². The van der Waals surface area contributed by atoms with Crippen LogP contribution in [0.15, 0.2) is 23.3 Å². The van der Waals surface area contributed by atoms with Crippen LogP contribution in [-0.4, -0.2) is 17.6 Å². The molecule has 1 fully saturated rings. The Labute approximate surface area is 148 Å². The topological polar surface area (TPSA) is 54.9 Å². The monoisotopic (exact) mass is 347 g/mol. The van der Waals surface area contributed by atoms with Crippen molar-refractivity contribution >= 4 is 23.0 Å². The third kappa shape index (κ3) is 4.38. The van der Waals surface area contributed by atoms with Gasteiger partial charge in [0, 0.05) is 12.3 Å². The smallest absolute Gasteiger partial charge is 0.231 e. The summed E-state index contributed by atoms with van der Waals surface area (Å²) in [6, 6.07) is 5.89. The van der Waals surface area contributed by atoms with Crippen LogP contribution in [0.25, 0.3) is 0 Å². The van der Waals surface area contributed by atoms with Gasteiger partial charge >= 0.3 is 0 Å². The third-order valence-corrected chi connectivity index (χ3v) is 4.61. The Morgan fingerprint density at radius 2 is 2.12 bits per heavy atom. The minimum Gasteiger partial charge on any atom is -0.454 e. The molecule has 5 nitrogen and oxygen atoms in total. The Hall–Kier alpha value is -1.82. The van der Waals surface area contributed by atoms with Crippen LogP contribution >= 0.6 is 12.2 Å². The molecule has 0 spiro atoms. The lowest BCUT2D eigenvalue weighted by molar-refractivity contribution is 0.174. The van der Waals surface area contributed by atoms with E-state index in [1.807, 2.05) is 18.2 Å². The minimum atomic E-state index is 0.290. The highest BCUT2D eigenvalue weighted by Gasteiger charge is 2.29. The van der Waals surface area contributed by atoms with Gasteiger partial charge in [-0.1, -0.05) is 26.8 Å². The number of hydrogen-bond acceptors (Lipinski definition) is 4. The van der Waals surface area contributed by atoms with E-state index in [1.165, 1.54) is 12.1 Å². The lowest BCUT2D eigenvalue weighted by atomic mass is 9.72. The Bertz CT molecular complexity index is 658. The molecule has 1 saturated carbocycles. The van der Waals surface area contributed by atoms with E-state index >= 15 is 0 Å². The van der Waals surface area contributed by atoms with Crippen LogP contribution in [0.2, 0.25) is 0 Å². The number of benzene rings is 1. The largest absolute Gasteiger partial charge is 0.454 e. The van der Waals surface area contributed by atoms with Crippen molar-refractivity contribution in [1.29, 1.82) is 0 Å². The number of ether oxygens (including phenoxy) is 2. The molecule has 0 saturated heterocycles. The quantitative estimate of drug-likeness (QED) is 0.646. The molecule has 1 aromatic rings. The Kier molecular flexibility index (Phi) is 4.94. The number of rotatable bonds is 3. The second-order valence-corrected chi connectivity index (χ2v) is 7.92. The van der Waals surface area contributed by atoms with E-state index < -0.39 is 0 Å². The van der Waals surface area contributed by atoms with Gasteiger partial charge in [0.15, 0.2) is 16.6 Å². The molecule has 1 heterocycles. The standard InChI is InChI=1S/C18H25N3O2S/c1-12-6-14(9-18(2,3)8-12)20-21-17(24)19-10-13-4-5-15-16(7-13)23-11-22-15/h4-5,7,12H,6,8-11H2,1-3H3,(H2,19,21,24)/b20-14+/t12-/m1/s1. The van der Waals surface area contributed by atoms with E-state index in [9.17, 15) is 0 Å². The number of fused-ring (bicyclic) bond motifs is 1. The zero-order chi connectivity index (χ0) is 17.2. The van der Waals surface area contributed by atoms with Crippen molar-refractivity contribution in [3.05, 3.63) is 23.8 Å². The number of hydrazone groups is 1. The first-order valence-corrected chi connectivity index (χ1v) is 8.80. The molecule has 0 bridgehead atoms. The van der Waals surface area contributed by atoms with Crippen LogP contribution in [-0.2, 0) is 6.54 Å². The molecule has 0 radical (unpaired) electrons. The summed E-state index contributed by atoms with van der Waals surface area (Å²) in [5, 5.41) is 8.23. The first kappa shape index (κ1) is 17.0. The number of nitrogens with one attached hydrogen (secondary N) is 2. The SMILES string of the molecule is C[C@@H]1C/C(=N\NC(=S)NCc2ccc3c(c2)OCO3)CC(C)(C)C1. The lowest BCUT2D eigenvalue weighted by Gasteiger charge is -2.34.